The van der Waals surface area contributed by atoms with E-state index >= 15 is 0 Å². The molecule has 0 spiro atoms. The Labute approximate surface area is 161 Å². The van der Waals surface area contributed by atoms with Crippen LogP contribution < -0.4 is 4.74 Å². The molecule has 0 bridgehead atoms. The van der Waals surface area contributed by atoms with Crippen LogP contribution in [0.15, 0.2) is 53.4 Å². The summed E-state index contributed by atoms with van der Waals surface area (Å²) in [6, 6.07) is 14.2. The minimum absolute atomic E-state index is 0.0653. The fraction of sp³-hybridized carbons (Fsp3) is 0.429. The van der Waals surface area contributed by atoms with Crippen LogP contribution in [0.1, 0.15) is 37.8 Å². The van der Waals surface area contributed by atoms with Crippen LogP contribution in [0.4, 0.5) is 0 Å². The number of hydrogen-bond donors (Lipinski definition) is 0. The van der Waals surface area contributed by atoms with Gasteiger partial charge >= 0.3 is 0 Å². The Morgan fingerprint density at radius 3 is 2.56 bits per heavy atom. The zero-order valence-corrected chi connectivity index (χ0v) is 16.7. The van der Waals surface area contributed by atoms with E-state index in [4.69, 9.17) is 13.7 Å². The molecule has 0 saturated heterocycles. The van der Waals surface area contributed by atoms with E-state index in [0.29, 0.717) is 11.8 Å². The zero-order valence-electron chi connectivity index (χ0n) is 15.9. The molecule has 0 aromatic heterocycles. The molecule has 0 amide bonds. The van der Waals surface area contributed by atoms with Crippen LogP contribution in [0.3, 0.4) is 0 Å². The lowest BCUT2D eigenvalue weighted by atomic mass is 9.97. The van der Waals surface area contributed by atoms with Gasteiger partial charge in [0.15, 0.2) is 6.29 Å². The average Bonchev–Trinajstić information content (AvgIpc) is 2.93. The summed E-state index contributed by atoms with van der Waals surface area (Å²) < 4.78 is 40.4. The predicted molar refractivity (Wildman–Crippen MR) is 103 cm³/mol. The van der Waals surface area contributed by atoms with Crippen molar-refractivity contribution < 1.29 is 22.1 Å². The topological polar surface area (TPSA) is 61.8 Å². The molecule has 3 unspecified atom stereocenters. The van der Waals surface area contributed by atoms with Gasteiger partial charge in [-0.05, 0) is 60.6 Å². The van der Waals surface area contributed by atoms with Gasteiger partial charge in [-0.15, -0.1) is 0 Å². The summed E-state index contributed by atoms with van der Waals surface area (Å²) in [4.78, 5) is 0.135. The number of hydrogen-bond acceptors (Lipinski definition) is 5. The maximum Gasteiger partial charge on any atom is 0.297 e. The summed E-state index contributed by atoms with van der Waals surface area (Å²) in [7, 11) is -3.76. The molecule has 1 aliphatic rings. The fourth-order valence-electron chi connectivity index (χ4n) is 3.35. The van der Waals surface area contributed by atoms with E-state index in [9.17, 15) is 8.42 Å². The van der Waals surface area contributed by atoms with Crippen molar-refractivity contribution >= 4 is 10.1 Å². The van der Waals surface area contributed by atoms with Crippen molar-refractivity contribution in [2.45, 2.75) is 44.3 Å². The molecule has 0 radical (unpaired) electrons. The molecule has 3 rings (SSSR count). The quantitative estimate of drug-likeness (QED) is 0.385. The summed E-state index contributed by atoms with van der Waals surface area (Å²) in [5.41, 5.74) is 2.72. The smallest absolute Gasteiger partial charge is 0.297 e. The highest BCUT2D eigenvalue weighted by Crippen LogP contribution is 2.38. The number of benzene rings is 2. The molecule has 0 fully saturated rings. The zero-order chi connectivity index (χ0) is 19.4. The molecule has 27 heavy (non-hydrogen) atoms. The van der Waals surface area contributed by atoms with E-state index in [1.165, 1.54) is 23.3 Å². The Morgan fingerprint density at radius 2 is 1.81 bits per heavy atom. The lowest BCUT2D eigenvalue weighted by Crippen LogP contribution is -2.20. The molecule has 6 heteroatoms. The number of ether oxygens (including phenoxy) is 2. The SMILES string of the molecule is CC(OCCOS(=O)(=O)c1ccccc1)Oc1ccc2c(c1)CC(C)C2C. The minimum atomic E-state index is -3.76. The molecule has 0 N–H and O–H groups in total. The molecule has 2 aromatic rings. The maximum absolute atomic E-state index is 12.0. The van der Waals surface area contributed by atoms with E-state index in [2.05, 4.69) is 26.0 Å². The summed E-state index contributed by atoms with van der Waals surface area (Å²) in [5, 5.41) is 0. The molecule has 0 heterocycles. The molecular formula is C21H26O5S. The molecular weight excluding hydrogens is 364 g/mol. The van der Waals surface area contributed by atoms with Gasteiger partial charge in [0.05, 0.1) is 18.1 Å². The Balaban J connectivity index is 1.45. The van der Waals surface area contributed by atoms with Crippen LogP contribution in [-0.2, 0) is 25.5 Å². The molecule has 3 atom stereocenters. The normalized spacial score (nSPS) is 20.3. The molecule has 0 aliphatic heterocycles. The summed E-state index contributed by atoms with van der Waals surface area (Å²) in [5.74, 6) is 1.99. The average molecular weight is 391 g/mol. The highest BCUT2D eigenvalue weighted by molar-refractivity contribution is 7.86. The molecule has 1 aliphatic carbocycles. The summed E-state index contributed by atoms with van der Waals surface area (Å²) >= 11 is 0. The van der Waals surface area contributed by atoms with Crippen molar-refractivity contribution in [2.75, 3.05) is 13.2 Å². The second-order valence-electron chi connectivity index (χ2n) is 6.98. The van der Waals surface area contributed by atoms with Gasteiger partial charge in [0.1, 0.15) is 5.75 Å². The van der Waals surface area contributed by atoms with E-state index in [1.807, 2.05) is 6.07 Å². The second-order valence-corrected chi connectivity index (χ2v) is 8.59. The summed E-state index contributed by atoms with van der Waals surface area (Å²) in [6.45, 7) is 6.35. The second kappa shape index (κ2) is 8.42. The van der Waals surface area contributed by atoms with Gasteiger partial charge in [-0.25, -0.2) is 0 Å². The Morgan fingerprint density at radius 1 is 1.07 bits per heavy atom. The molecule has 5 nitrogen and oxygen atoms in total. The van der Waals surface area contributed by atoms with E-state index in [0.717, 1.165) is 12.2 Å². The van der Waals surface area contributed by atoms with Crippen molar-refractivity contribution in [3.63, 3.8) is 0 Å². The lowest BCUT2D eigenvalue weighted by Gasteiger charge is -2.16. The third-order valence-electron chi connectivity index (χ3n) is 5.01. The highest BCUT2D eigenvalue weighted by Gasteiger charge is 2.26. The van der Waals surface area contributed by atoms with Crippen molar-refractivity contribution in [3.05, 3.63) is 59.7 Å². The number of fused-ring (bicyclic) bond motifs is 1. The lowest BCUT2D eigenvalue weighted by molar-refractivity contribution is -0.0735. The van der Waals surface area contributed by atoms with E-state index in [1.54, 1.807) is 25.1 Å². The first-order valence-corrected chi connectivity index (χ1v) is 10.6. The Hall–Kier alpha value is -1.89. The first-order valence-electron chi connectivity index (χ1n) is 9.22. The molecule has 2 aromatic carbocycles. The fourth-order valence-corrected chi connectivity index (χ4v) is 4.26. The van der Waals surface area contributed by atoms with Gasteiger partial charge in [-0.2, -0.15) is 8.42 Å². The van der Waals surface area contributed by atoms with Crippen LogP contribution in [-0.4, -0.2) is 27.9 Å². The molecule has 146 valence electrons. The standard InChI is InChI=1S/C21H26O5S/c1-15-13-18-14-19(9-10-21(18)16(15)2)26-17(3)24-11-12-25-27(22,23)20-7-5-4-6-8-20/h4-10,14-17H,11-13H2,1-3H3. The number of rotatable bonds is 8. The predicted octanol–water partition coefficient (Wildman–Crippen LogP) is 4.13. The third kappa shape index (κ3) is 4.89. The van der Waals surface area contributed by atoms with Crippen molar-refractivity contribution in [2.24, 2.45) is 5.92 Å². The van der Waals surface area contributed by atoms with Gasteiger partial charge in [0.25, 0.3) is 10.1 Å². The largest absolute Gasteiger partial charge is 0.465 e. The summed E-state index contributed by atoms with van der Waals surface area (Å²) in [6.07, 6.45) is 0.566. The highest BCUT2D eigenvalue weighted by atomic mass is 32.2. The van der Waals surface area contributed by atoms with Crippen LogP contribution in [0.25, 0.3) is 0 Å². The van der Waals surface area contributed by atoms with Crippen LogP contribution >= 0.6 is 0 Å². The van der Waals surface area contributed by atoms with Crippen molar-refractivity contribution in [1.29, 1.82) is 0 Å². The monoisotopic (exact) mass is 390 g/mol. The minimum Gasteiger partial charge on any atom is -0.465 e. The van der Waals surface area contributed by atoms with E-state index < -0.39 is 16.4 Å². The van der Waals surface area contributed by atoms with Crippen LogP contribution in [0.5, 0.6) is 5.75 Å². The Kier molecular flexibility index (Phi) is 6.19. The van der Waals surface area contributed by atoms with Gasteiger partial charge in [-0.1, -0.05) is 38.1 Å². The van der Waals surface area contributed by atoms with Gasteiger partial charge in [0, 0.05) is 0 Å². The van der Waals surface area contributed by atoms with Crippen LogP contribution in [0, 0.1) is 5.92 Å². The maximum atomic E-state index is 12.0. The Bertz CT molecular complexity index is 863. The van der Waals surface area contributed by atoms with Gasteiger partial charge in [-0.3, -0.25) is 4.18 Å². The van der Waals surface area contributed by atoms with Crippen LogP contribution in [0.2, 0.25) is 0 Å². The third-order valence-corrected chi connectivity index (χ3v) is 6.34. The van der Waals surface area contributed by atoms with Gasteiger partial charge in [0.2, 0.25) is 0 Å². The van der Waals surface area contributed by atoms with Gasteiger partial charge < -0.3 is 9.47 Å². The van der Waals surface area contributed by atoms with Crippen molar-refractivity contribution in [3.8, 4) is 5.75 Å². The first-order chi connectivity index (χ1) is 12.9. The van der Waals surface area contributed by atoms with Crippen molar-refractivity contribution in [1.82, 2.24) is 0 Å². The molecule has 0 saturated carbocycles. The first kappa shape index (κ1) is 19.9. The van der Waals surface area contributed by atoms with E-state index in [-0.39, 0.29) is 18.1 Å².